The summed E-state index contributed by atoms with van der Waals surface area (Å²) in [6.07, 6.45) is -2.97. The molecular formula is C18H19F3N6OS. The van der Waals surface area contributed by atoms with E-state index in [1.165, 1.54) is 36.0 Å². The van der Waals surface area contributed by atoms with E-state index in [1.807, 2.05) is 18.4 Å². The van der Waals surface area contributed by atoms with Crippen molar-refractivity contribution in [3.63, 3.8) is 0 Å². The zero-order valence-electron chi connectivity index (χ0n) is 15.9. The highest BCUT2D eigenvalue weighted by Gasteiger charge is 2.34. The van der Waals surface area contributed by atoms with Crippen LogP contribution in [0.3, 0.4) is 0 Å². The number of nitrogens with zero attached hydrogens (tertiary/aromatic N) is 5. The molecule has 2 aromatic heterocycles. The lowest BCUT2D eigenvalue weighted by Crippen LogP contribution is -2.19. The molecule has 1 aromatic carbocycles. The second-order valence-corrected chi connectivity index (χ2v) is 7.49. The Balaban J connectivity index is 1.80. The molecule has 0 aliphatic heterocycles. The summed E-state index contributed by atoms with van der Waals surface area (Å²) in [5, 5.41) is 15.2. The number of aryl methyl sites for hydroxylation is 1. The number of carbonyl (C=O) groups is 1. The molecule has 0 aliphatic rings. The van der Waals surface area contributed by atoms with Crippen LogP contribution in [-0.4, -0.2) is 36.2 Å². The van der Waals surface area contributed by atoms with Gasteiger partial charge >= 0.3 is 6.18 Å². The molecule has 0 radical (unpaired) electrons. The van der Waals surface area contributed by atoms with Gasteiger partial charge in [-0.05, 0) is 32.9 Å². The van der Waals surface area contributed by atoms with Crippen molar-refractivity contribution < 1.29 is 18.0 Å². The predicted octanol–water partition coefficient (Wildman–Crippen LogP) is 4.10. The maximum atomic E-state index is 13.4. The summed E-state index contributed by atoms with van der Waals surface area (Å²) in [5.41, 5.74) is -0.516. The van der Waals surface area contributed by atoms with Gasteiger partial charge in [-0.2, -0.15) is 18.3 Å². The highest BCUT2D eigenvalue weighted by Crippen LogP contribution is 2.34. The number of hydrogen-bond acceptors (Lipinski definition) is 5. The zero-order valence-corrected chi connectivity index (χ0v) is 16.8. The summed E-state index contributed by atoms with van der Waals surface area (Å²) in [6.45, 7) is 5.57. The molecule has 0 fully saturated rings. The van der Waals surface area contributed by atoms with E-state index in [9.17, 15) is 18.0 Å². The molecule has 0 bridgehead atoms. The van der Waals surface area contributed by atoms with E-state index in [1.54, 1.807) is 13.3 Å². The van der Waals surface area contributed by atoms with E-state index >= 15 is 0 Å². The predicted molar refractivity (Wildman–Crippen MR) is 103 cm³/mol. The molecule has 11 heteroatoms. The van der Waals surface area contributed by atoms with Crippen molar-refractivity contribution in [1.29, 1.82) is 0 Å². The van der Waals surface area contributed by atoms with Gasteiger partial charge in [-0.1, -0.05) is 23.9 Å². The Hall–Kier alpha value is -2.82. The summed E-state index contributed by atoms with van der Waals surface area (Å²) in [6, 6.07) is 6.74. The summed E-state index contributed by atoms with van der Waals surface area (Å²) in [5.74, 6) is -0.203. The Morgan fingerprint density at radius 1 is 1.28 bits per heavy atom. The van der Waals surface area contributed by atoms with Gasteiger partial charge < -0.3 is 9.88 Å². The summed E-state index contributed by atoms with van der Waals surface area (Å²) in [7, 11) is 0. The van der Waals surface area contributed by atoms with Crippen LogP contribution < -0.4 is 5.32 Å². The van der Waals surface area contributed by atoms with Crippen molar-refractivity contribution in [2.75, 3.05) is 11.1 Å². The van der Waals surface area contributed by atoms with E-state index in [0.717, 1.165) is 10.7 Å². The Kier molecular flexibility index (Phi) is 5.96. The van der Waals surface area contributed by atoms with E-state index < -0.39 is 11.7 Å². The molecule has 7 nitrogen and oxygen atoms in total. The number of hydrogen-bond donors (Lipinski definition) is 1. The van der Waals surface area contributed by atoms with E-state index in [2.05, 4.69) is 20.6 Å². The minimum absolute atomic E-state index is 0.0244. The Bertz CT molecular complexity index is 1010. The average Bonchev–Trinajstić information content (AvgIpc) is 3.25. The molecule has 2 heterocycles. The van der Waals surface area contributed by atoms with Crippen molar-refractivity contribution >= 4 is 23.5 Å². The number of nitrogens with one attached hydrogen (secondary N) is 1. The molecule has 0 aliphatic carbocycles. The second kappa shape index (κ2) is 8.27. The number of aromatic nitrogens is 5. The van der Waals surface area contributed by atoms with Gasteiger partial charge in [0.05, 0.1) is 22.7 Å². The minimum atomic E-state index is -4.55. The van der Waals surface area contributed by atoms with Crippen LogP contribution in [0.1, 0.15) is 31.1 Å². The number of halogens is 3. The number of benzene rings is 1. The molecule has 0 saturated carbocycles. The molecule has 3 rings (SSSR count). The van der Waals surface area contributed by atoms with Gasteiger partial charge in [-0.3, -0.25) is 4.79 Å². The van der Waals surface area contributed by atoms with Gasteiger partial charge in [0, 0.05) is 12.1 Å². The standard InChI is InChI=1S/C18H19F3N6OS/c1-11(2)26-10-22-24-17(26)29-9-16(28)23-15-8-12(3)25-27(15)14-7-5-4-6-13(14)18(19,20)21/h4-8,10-11H,9H2,1-3H3,(H,23,28). The molecule has 154 valence electrons. The third kappa shape index (κ3) is 4.78. The SMILES string of the molecule is Cc1cc(NC(=O)CSc2nncn2C(C)C)n(-c2ccccc2C(F)(F)F)n1. The first kappa shape index (κ1) is 20.9. The average molecular weight is 424 g/mol. The number of para-hydroxylation sites is 1. The fourth-order valence-electron chi connectivity index (χ4n) is 2.67. The van der Waals surface area contributed by atoms with Crippen molar-refractivity contribution in [2.45, 2.75) is 38.1 Å². The van der Waals surface area contributed by atoms with E-state index in [4.69, 9.17) is 0 Å². The maximum absolute atomic E-state index is 13.4. The van der Waals surface area contributed by atoms with Gasteiger partial charge in [0.15, 0.2) is 5.16 Å². The first-order valence-corrected chi connectivity index (χ1v) is 9.71. The van der Waals surface area contributed by atoms with Crippen LogP contribution in [0.2, 0.25) is 0 Å². The number of amides is 1. The fourth-order valence-corrected chi connectivity index (χ4v) is 3.51. The summed E-state index contributed by atoms with van der Waals surface area (Å²) < 4.78 is 43.0. The highest BCUT2D eigenvalue weighted by atomic mass is 32.2. The summed E-state index contributed by atoms with van der Waals surface area (Å²) >= 11 is 1.19. The van der Waals surface area contributed by atoms with Gasteiger partial charge in [-0.15, -0.1) is 10.2 Å². The zero-order chi connectivity index (χ0) is 21.2. The molecule has 0 saturated heterocycles. The molecule has 3 aromatic rings. The first-order chi connectivity index (χ1) is 13.7. The number of thioether (sulfide) groups is 1. The maximum Gasteiger partial charge on any atom is 0.418 e. The van der Waals surface area contributed by atoms with Crippen molar-refractivity contribution in [3.8, 4) is 5.69 Å². The molecule has 1 N–H and O–H groups in total. The van der Waals surface area contributed by atoms with Crippen LogP contribution in [0.5, 0.6) is 0 Å². The number of anilines is 1. The van der Waals surface area contributed by atoms with Crippen molar-refractivity contribution in [3.05, 3.63) is 47.9 Å². The third-order valence-corrected chi connectivity index (χ3v) is 4.92. The van der Waals surface area contributed by atoms with Crippen LogP contribution in [0.4, 0.5) is 19.0 Å². The van der Waals surface area contributed by atoms with Crippen LogP contribution in [0.25, 0.3) is 5.69 Å². The minimum Gasteiger partial charge on any atom is -0.310 e. The quantitative estimate of drug-likeness (QED) is 0.603. The van der Waals surface area contributed by atoms with Crippen molar-refractivity contribution in [2.24, 2.45) is 0 Å². The Morgan fingerprint density at radius 2 is 2.00 bits per heavy atom. The van der Waals surface area contributed by atoms with Crippen LogP contribution in [0.15, 0.2) is 41.8 Å². The number of alkyl halides is 3. The lowest BCUT2D eigenvalue weighted by Gasteiger charge is -2.15. The lowest BCUT2D eigenvalue weighted by molar-refractivity contribution is -0.137. The van der Waals surface area contributed by atoms with Crippen LogP contribution >= 0.6 is 11.8 Å². The van der Waals surface area contributed by atoms with Gasteiger partial charge in [0.1, 0.15) is 12.1 Å². The molecule has 1 amide bonds. The number of carbonyl (C=O) groups excluding carboxylic acids is 1. The smallest absolute Gasteiger partial charge is 0.310 e. The van der Waals surface area contributed by atoms with Crippen LogP contribution in [0, 0.1) is 6.92 Å². The topological polar surface area (TPSA) is 77.6 Å². The monoisotopic (exact) mass is 424 g/mol. The summed E-state index contributed by atoms with van der Waals surface area (Å²) in [4.78, 5) is 12.4. The molecule has 29 heavy (non-hydrogen) atoms. The Labute approximate surface area is 169 Å². The van der Waals surface area contributed by atoms with E-state index in [-0.39, 0.29) is 29.2 Å². The largest absolute Gasteiger partial charge is 0.418 e. The fraction of sp³-hybridized carbons (Fsp3) is 0.333. The third-order valence-electron chi connectivity index (χ3n) is 3.97. The second-order valence-electron chi connectivity index (χ2n) is 6.55. The van der Waals surface area contributed by atoms with Gasteiger partial charge in [-0.25, -0.2) is 4.68 Å². The van der Waals surface area contributed by atoms with Crippen LogP contribution in [-0.2, 0) is 11.0 Å². The van der Waals surface area contributed by atoms with E-state index in [0.29, 0.717) is 10.9 Å². The highest BCUT2D eigenvalue weighted by molar-refractivity contribution is 7.99. The molecule has 0 unspecified atom stereocenters. The van der Waals surface area contributed by atoms with Crippen molar-refractivity contribution in [1.82, 2.24) is 24.5 Å². The normalized spacial score (nSPS) is 11.8. The first-order valence-electron chi connectivity index (χ1n) is 8.72. The lowest BCUT2D eigenvalue weighted by atomic mass is 10.1. The molecule has 0 spiro atoms. The van der Waals surface area contributed by atoms with Gasteiger partial charge in [0.25, 0.3) is 0 Å². The molecule has 0 atom stereocenters. The van der Waals surface area contributed by atoms with Gasteiger partial charge in [0.2, 0.25) is 5.91 Å². The molecular weight excluding hydrogens is 405 g/mol. The Morgan fingerprint density at radius 3 is 2.69 bits per heavy atom. The number of rotatable bonds is 6.